The van der Waals surface area contributed by atoms with Gasteiger partial charge >= 0.3 is 0 Å². The normalized spacial score (nSPS) is 11.5. The molecule has 1 aromatic carbocycles. The van der Waals surface area contributed by atoms with Gasteiger partial charge in [0.05, 0.1) is 11.5 Å². The van der Waals surface area contributed by atoms with Gasteiger partial charge in [-0.1, -0.05) is 18.2 Å². The van der Waals surface area contributed by atoms with Gasteiger partial charge in [0.25, 0.3) is 10.1 Å². The zero-order chi connectivity index (χ0) is 9.19. The minimum absolute atomic E-state index is 0.194. The molecule has 12 heavy (non-hydrogen) atoms. The third kappa shape index (κ3) is 1.82. The second kappa shape index (κ2) is 3.22. The average Bonchev–Trinajstić information content (AvgIpc) is 2.03. The van der Waals surface area contributed by atoms with Gasteiger partial charge in [0.1, 0.15) is 0 Å². The van der Waals surface area contributed by atoms with Gasteiger partial charge in [0.2, 0.25) is 0 Å². The molecule has 5 heteroatoms. The maximum atomic E-state index is 10.7. The predicted octanol–water partition coefficient (Wildman–Crippen LogP) is 0.426. The van der Waals surface area contributed by atoms with Gasteiger partial charge < -0.3 is 5.11 Å². The first-order valence-corrected chi connectivity index (χ1v) is 4.66. The van der Waals surface area contributed by atoms with E-state index >= 15 is 0 Å². The van der Waals surface area contributed by atoms with Crippen LogP contribution in [-0.2, 0) is 16.7 Å². The highest BCUT2D eigenvalue weighted by Gasteiger charge is 2.12. The standard InChI is InChI=1S/C7H8O4S/c8-5-6-3-1-2-4-7(6)12(9,10)11/h1-4,8H,5H2,(H,9,10,11). The molecule has 2 N–H and O–H groups in total. The lowest BCUT2D eigenvalue weighted by Crippen LogP contribution is -2.02. The summed E-state index contributed by atoms with van der Waals surface area (Å²) in [6.07, 6.45) is 0. The Balaban J connectivity index is 3.33. The molecule has 0 spiro atoms. The van der Waals surface area contributed by atoms with Crippen molar-refractivity contribution >= 4 is 10.1 Å². The minimum atomic E-state index is -4.21. The van der Waals surface area contributed by atoms with Crippen molar-refractivity contribution in [3.8, 4) is 0 Å². The molecule has 0 heterocycles. The van der Waals surface area contributed by atoms with Gasteiger partial charge in [-0.25, -0.2) is 0 Å². The Morgan fingerprint density at radius 2 is 1.83 bits per heavy atom. The summed E-state index contributed by atoms with van der Waals surface area (Å²) in [5.74, 6) is 0. The molecule has 0 fully saturated rings. The van der Waals surface area contributed by atoms with Crippen LogP contribution in [0.2, 0.25) is 0 Å². The Hall–Kier alpha value is -0.910. The molecule has 0 aliphatic rings. The molecule has 66 valence electrons. The molecule has 0 atom stereocenters. The van der Waals surface area contributed by atoms with E-state index in [0.29, 0.717) is 0 Å². The number of rotatable bonds is 2. The Kier molecular flexibility index (Phi) is 2.46. The van der Waals surface area contributed by atoms with Crippen LogP contribution in [0, 0.1) is 0 Å². The van der Waals surface area contributed by atoms with Crippen LogP contribution in [0.4, 0.5) is 0 Å². The van der Waals surface area contributed by atoms with E-state index in [4.69, 9.17) is 9.66 Å². The Labute approximate surface area is 70.2 Å². The van der Waals surface area contributed by atoms with Crippen molar-refractivity contribution in [3.05, 3.63) is 29.8 Å². The number of aliphatic hydroxyl groups is 1. The summed E-state index contributed by atoms with van der Waals surface area (Å²) in [6, 6.07) is 5.73. The summed E-state index contributed by atoms with van der Waals surface area (Å²) in [5.41, 5.74) is 0.194. The van der Waals surface area contributed by atoms with Crippen molar-refractivity contribution in [2.24, 2.45) is 0 Å². The topological polar surface area (TPSA) is 74.6 Å². The molecule has 0 aliphatic heterocycles. The number of benzene rings is 1. The quantitative estimate of drug-likeness (QED) is 0.660. The van der Waals surface area contributed by atoms with E-state index in [2.05, 4.69) is 0 Å². The molecule has 0 aromatic heterocycles. The summed E-state index contributed by atoms with van der Waals surface area (Å²) in [6.45, 7) is -0.407. The average molecular weight is 188 g/mol. The number of aliphatic hydroxyl groups excluding tert-OH is 1. The van der Waals surface area contributed by atoms with Crippen LogP contribution >= 0.6 is 0 Å². The first kappa shape index (κ1) is 9.18. The van der Waals surface area contributed by atoms with Crippen molar-refractivity contribution in [1.29, 1.82) is 0 Å². The summed E-state index contributed by atoms with van der Waals surface area (Å²) in [7, 11) is -4.21. The van der Waals surface area contributed by atoms with Crippen molar-refractivity contribution < 1.29 is 18.1 Å². The third-order valence-electron chi connectivity index (χ3n) is 1.42. The van der Waals surface area contributed by atoms with Gasteiger partial charge in [-0.15, -0.1) is 0 Å². The molecule has 1 aromatic rings. The van der Waals surface area contributed by atoms with E-state index in [1.54, 1.807) is 6.07 Å². The molecule has 0 amide bonds. The van der Waals surface area contributed by atoms with Crippen molar-refractivity contribution in [2.45, 2.75) is 11.5 Å². The second-order valence-corrected chi connectivity index (χ2v) is 3.63. The van der Waals surface area contributed by atoms with E-state index in [9.17, 15) is 8.42 Å². The van der Waals surface area contributed by atoms with E-state index in [0.717, 1.165) is 0 Å². The highest BCUT2D eigenvalue weighted by atomic mass is 32.2. The third-order valence-corrected chi connectivity index (χ3v) is 2.37. The maximum Gasteiger partial charge on any atom is 0.294 e. The van der Waals surface area contributed by atoms with Crippen LogP contribution in [0.5, 0.6) is 0 Å². The molecule has 0 saturated heterocycles. The lowest BCUT2D eigenvalue weighted by molar-refractivity contribution is 0.278. The summed E-state index contributed by atoms with van der Waals surface area (Å²) >= 11 is 0. The molecule has 0 radical (unpaired) electrons. The molecule has 0 bridgehead atoms. The minimum Gasteiger partial charge on any atom is -0.392 e. The summed E-state index contributed by atoms with van der Waals surface area (Å²) in [5, 5.41) is 8.71. The van der Waals surface area contributed by atoms with E-state index < -0.39 is 16.7 Å². The zero-order valence-corrected chi connectivity index (χ0v) is 6.95. The molecular weight excluding hydrogens is 180 g/mol. The fraction of sp³-hybridized carbons (Fsp3) is 0.143. The van der Waals surface area contributed by atoms with E-state index in [-0.39, 0.29) is 10.5 Å². The highest BCUT2D eigenvalue weighted by molar-refractivity contribution is 7.85. The van der Waals surface area contributed by atoms with Gasteiger partial charge in [-0.2, -0.15) is 8.42 Å². The molecule has 0 saturated carbocycles. The Morgan fingerprint density at radius 1 is 1.25 bits per heavy atom. The first-order chi connectivity index (χ1) is 5.55. The summed E-state index contributed by atoms with van der Waals surface area (Å²) < 4.78 is 30.0. The van der Waals surface area contributed by atoms with Crippen molar-refractivity contribution in [2.75, 3.05) is 0 Å². The van der Waals surface area contributed by atoms with Crippen LogP contribution in [0.3, 0.4) is 0 Å². The first-order valence-electron chi connectivity index (χ1n) is 3.22. The Morgan fingerprint density at radius 3 is 2.25 bits per heavy atom. The van der Waals surface area contributed by atoms with Gasteiger partial charge in [-0.3, -0.25) is 4.55 Å². The SMILES string of the molecule is O=S(=O)(O)c1ccccc1CO. The van der Waals surface area contributed by atoms with Gasteiger partial charge in [0.15, 0.2) is 0 Å². The largest absolute Gasteiger partial charge is 0.392 e. The zero-order valence-electron chi connectivity index (χ0n) is 6.14. The van der Waals surface area contributed by atoms with Crippen LogP contribution in [0.15, 0.2) is 29.2 Å². The number of hydrogen-bond acceptors (Lipinski definition) is 3. The monoisotopic (exact) mass is 188 g/mol. The predicted molar refractivity (Wildman–Crippen MR) is 42.2 cm³/mol. The van der Waals surface area contributed by atoms with E-state index in [1.807, 2.05) is 0 Å². The molecule has 4 nitrogen and oxygen atoms in total. The lowest BCUT2D eigenvalue weighted by Gasteiger charge is -2.01. The molecule has 1 rings (SSSR count). The van der Waals surface area contributed by atoms with Gasteiger partial charge in [-0.05, 0) is 11.6 Å². The maximum absolute atomic E-state index is 10.7. The smallest absolute Gasteiger partial charge is 0.294 e. The molecule has 0 aliphatic carbocycles. The summed E-state index contributed by atoms with van der Waals surface area (Å²) in [4.78, 5) is -0.243. The highest BCUT2D eigenvalue weighted by Crippen LogP contribution is 2.14. The van der Waals surface area contributed by atoms with Crippen LogP contribution in [0.1, 0.15) is 5.56 Å². The second-order valence-electron chi connectivity index (χ2n) is 2.24. The van der Waals surface area contributed by atoms with E-state index in [1.165, 1.54) is 18.2 Å². The van der Waals surface area contributed by atoms with Crippen molar-refractivity contribution in [1.82, 2.24) is 0 Å². The molecule has 0 unspecified atom stereocenters. The Bertz CT molecular complexity index is 369. The fourth-order valence-corrected chi connectivity index (χ4v) is 1.60. The van der Waals surface area contributed by atoms with Crippen LogP contribution in [-0.4, -0.2) is 18.1 Å². The lowest BCUT2D eigenvalue weighted by atomic mass is 10.2. The number of hydrogen-bond donors (Lipinski definition) is 2. The molecular formula is C7H8O4S. The van der Waals surface area contributed by atoms with Crippen molar-refractivity contribution in [3.63, 3.8) is 0 Å². The van der Waals surface area contributed by atoms with Crippen LogP contribution in [0.25, 0.3) is 0 Å². The van der Waals surface area contributed by atoms with Crippen LogP contribution < -0.4 is 0 Å². The fourth-order valence-electron chi connectivity index (χ4n) is 0.886. The van der Waals surface area contributed by atoms with Gasteiger partial charge in [0, 0.05) is 0 Å².